The number of carbonyl (C=O) groups excluding carboxylic acids is 1. The second-order valence-corrected chi connectivity index (χ2v) is 7.27. The van der Waals surface area contributed by atoms with Gasteiger partial charge in [-0.2, -0.15) is 5.26 Å². The number of esters is 1. The van der Waals surface area contributed by atoms with Crippen LogP contribution in [0.4, 0.5) is 11.4 Å². The molecule has 0 atom stereocenters. The maximum absolute atomic E-state index is 12.4. The van der Waals surface area contributed by atoms with Gasteiger partial charge < -0.3 is 19.7 Å². The second-order valence-electron chi connectivity index (χ2n) is 7.27. The predicted octanol–water partition coefficient (Wildman–Crippen LogP) is 3.72. The van der Waals surface area contributed by atoms with Crippen molar-refractivity contribution in [2.75, 3.05) is 24.6 Å². The number of fused-ring (bicyclic) bond motifs is 1. The van der Waals surface area contributed by atoms with E-state index in [4.69, 9.17) is 4.74 Å². The third kappa shape index (κ3) is 4.09. The average Bonchev–Trinajstić information content (AvgIpc) is 3.47. The lowest BCUT2D eigenvalue weighted by Gasteiger charge is -2.17. The molecule has 1 fully saturated rings. The van der Waals surface area contributed by atoms with Gasteiger partial charge in [0.2, 0.25) is 0 Å². The van der Waals surface area contributed by atoms with E-state index >= 15 is 0 Å². The minimum atomic E-state index is -0.852. The molecular formula is C22H19N5O5. The van der Waals surface area contributed by atoms with Crippen molar-refractivity contribution in [3.63, 3.8) is 0 Å². The number of nitriles is 1. The summed E-state index contributed by atoms with van der Waals surface area (Å²) in [6, 6.07) is 13.1. The number of aliphatic hydroxyl groups excluding tert-OH is 1. The number of H-pyrrole nitrogens is 1. The molecule has 162 valence electrons. The molecule has 32 heavy (non-hydrogen) atoms. The predicted molar refractivity (Wildman–Crippen MR) is 116 cm³/mol. The fraction of sp³-hybridized carbons (Fsp3) is 0.227. The Hall–Kier alpha value is -4.39. The highest BCUT2D eigenvalue weighted by Crippen LogP contribution is 2.32. The fourth-order valence-electron chi connectivity index (χ4n) is 3.64. The highest BCUT2D eigenvalue weighted by Gasteiger charge is 2.24. The van der Waals surface area contributed by atoms with Crippen molar-refractivity contribution in [3.05, 3.63) is 69.7 Å². The summed E-state index contributed by atoms with van der Waals surface area (Å²) in [5.41, 5.74) is 1.40. The van der Waals surface area contributed by atoms with Crippen LogP contribution < -0.4 is 4.90 Å². The number of nitro groups is 1. The van der Waals surface area contributed by atoms with Crippen LogP contribution in [-0.4, -0.2) is 45.7 Å². The number of hydrogen-bond acceptors (Lipinski definition) is 8. The van der Waals surface area contributed by atoms with Crippen molar-refractivity contribution < 1.29 is 19.6 Å². The Balaban J connectivity index is 1.52. The molecule has 2 N–H and O–H groups in total. The van der Waals surface area contributed by atoms with Crippen LogP contribution in [0.3, 0.4) is 0 Å². The molecule has 1 aromatic heterocycles. The van der Waals surface area contributed by atoms with E-state index in [0.29, 0.717) is 16.7 Å². The number of aromatic amines is 1. The number of rotatable bonds is 6. The first-order valence-electron chi connectivity index (χ1n) is 9.96. The van der Waals surface area contributed by atoms with E-state index in [1.807, 2.05) is 11.0 Å². The number of para-hydroxylation sites is 2. The van der Waals surface area contributed by atoms with Gasteiger partial charge in [0.05, 0.1) is 21.5 Å². The van der Waals surface area contributed by atoms with Crippen molar-refractivity contribution in [1.82, 2.24) is 9.97 Å². The Kier molecular flexibility index (Phi) is 5.72. The van der Waals surface area contributed by atoms with Gasteiger partial charge in [-0.3, -0.25) is 10.1 Å². The zero-order valence-corrected chi connectivity index (χ0v) is 16.9. The third-order valence-corrected chi connectivity index (χ3v) is 5.22. The van der Waals surface area contributed by atoms with E-state index in [-0.39, 0.29) is 22.6 Å². The Morgan fingerprint density at radius 2 is 2.03 bits per heavy atom. The van der Waals surface area contributed by atoms with Gasteiger partial charge in [-0.25, -0.2) is 9.78 Å². The molecule has 4 rings (SSSR count). The van der Waals surface area contributed by atoms with Crippen molar-refractivity contribution in [2.45, 2.75) is 12.8 Å². The van der Waals surface area contributed by atoms with E-state index in [9.17, 15) is 25.3 Å². The molecule has 2 aromatic carbocycles. The molecule has 2 heterocycles. The molecule has 0 bridgehead atoms. The van der Waals surface area contributed by atoms with E-state index in [1.54, 1.807) is 24.3 Å². The number of hydrogen-bond donors (Lipinski definition) is 2. The summed E-state index contributed by atoms with van der Waals surface area (Å²) in [5.74, 6) is -1.19. The largest absolute Gasteiger partial charge is 0.507 e. The molecule has 1 saturated heterocycles. The van der Waals surface area contributed by atoms with Gasteiger partial charge in [0.1, 0.15) is 23.9 Å². The molecule has 3 aromatic rings. The summed E-state index contributed by atoms with van der Waals surface area (Å²) in [4.78, 5) is 32.5. The van der Waals surface area contributed by atoms with Crippen LogP contribution in [0.2, 0.25) is 0 Å². The molecule has 1 aliphatic rings. The number of aromatic nitrogens is 2. The van der Waals surface area contributed by atoms with Crippen LogP contribution >= 0.6 is 0 Å². The van der Waals surface area contributed by atoms with Gasteiger partial charge in [0.25, 0.3) is 5.69 Å². The van der Waals surface area contributed by atoms with E-state index in [1.165, 1.54) is 18.2 Å². The first-order chi connectivity index (χ1) is 15.5. The highest BCUT2D eigenvalue weighted by atomic mass is 16.6. The topological polar surface area (TPSA) is 145 Å². The van der Waals surface area contributed by atoms with Crippen molar-refractivity contribution in [3.8, 4) is 6.07 Å². The zero-order valence-electron chi connectivity index (χ0n) is 16.9. The minimum Gasteiger partial charge on any atom is -0.507 e. The lowest BCUT2D eigenvalue weighted by atomic mass is 10.1. The molecule has 0 unspecified atom stereocenters. The van der Waals surface area contributed by atoms with Crippen LogP contribution in [0.15, 0.2) is 48.2 Å². The minimum absolute atomic E-state index is 0.0188. The van der Waals surface area contributed by atoms with Crippen LogP contribution in [-0.2, 0) is 4.74 Å². The van der Waals surface area contributed by atoms with Crippen LogP contribution in [0.25, 0.3) is 16.6 Å². The molecule has 0 radical (unpaired) electrons. The van der Waals surface area contributed by atoms with Crippen molar-refractivity contribution >= 4 is 34.0 Å². The summed E-state index contributed by atoms with van der Waals surface area (Å²) in [6.45, 7) is 0.866. The van der Waals surface area contributed by atoms with E-state index < -0.39 is 23.3 Å². The molecule has 0 aliphatic carbocycles. The lowest BCUT2D eigenvalue weighted by Crippen LogP contribution is -2.19. The standard InChI is InChI=1S/C22H19N5O5/c23-12-15(21-24-16-5-1-2-6-17(16)25-21)20(28)13-32-22(29)14-7-8-18(19(11-14)27(30)31)26-9-3-4-10-26/h1-2,5-8,11,28H,3-4,9-10,13H2,(H,24,25). The second kappa shape index (κ2) is 8.77. The normalized spacial score (nSPS) is 14.2. The van der Waals surface area contributed by atoms with Gasteiger partial charge in [-0.15, -0.1) is 0 Å². The summed E-state index contributed by atoms with van der Waals surface area (Å²) in [7, 11) is 0. The van der Waals surface area contributed by atoms with Gasteiger partial charge in [-0.1, -0.05) is 12.1 Å². The molecular weight excluding hydrogens is 414 g/mol. The summed E-state index contributed by atoms with van der Waals surface area (Å²) in [5, 5.41) is 31.3. The number of ether oxygens (including phenoxy) is 1. The lowest BCUT2D eigenvalue weighted by molar-refractivity contribution is -0.384. The quantitative estimate of drug-likeness (QED) is 0.197. The van der Waals surface area contributed by atoms with Gasteiger partial charge in [0, 0.05) is 19.2 Å². The van der Waals surface area contributed by atoms with Crippen molar-refractivity contribution in [2.24, 2.45) is 0 Å². The Morgan fingerprint density at radius 1 is 1.28 bits per heavy atom. The highest BCUT2D eigenvalue weighted by molar-refractivity contribution is 5.92. The number of benzene rings is 2. The number of imidazole rings is 1. The number of nitrogens with one attached hydrogen (secondary N) is 1. The summed E-state index contributed by atoms with van der Waals surface area (Å²) in [6.07, 6.45) is 1.91. The number of aliphatic hydroxyl groups is 1. The van der Waals surface area contributed by atoms with Gasteiger partial charge in [0.15, 0.2) is 11.6 Å². The number of carbonyl (C=O) groups is 1. The average molecular weight is 433 g/mol. The van der Waals surface area contributed by atoms with Gasteiger partial charge in [-0.05, 0) is 37.1 Å². The third-order valence-electron chi connectivity index (χ3n) is 5.22. The Morgan fingerprint density at radius 3 is 2.72 bits per heavy atom. The summed E-state index contributed by atoms with van der Waals surface area (Å²) >= 11 is 0. The van der Waals surface area contributed by atoms with Crippen LogP contribution in [0.1, 0.15) is 29.0 Å². The Bertz CT molecular complexity index is 1230. The van der Waals surface area contributed by atoms with E-state index in [2.05, 4.69) is 9.97 Å². The fourth-order valence-corrected chi connectivity index (χ4v) is 3.64. The van der Waals surface area contributed by atoms with E-state index in [0.717, 1.165) is 25.9 Å². The maximum Gasteiger partial charge on any atom is 0.338 e. The maximum atomic E-state index is 12.4. The first-order valence-corrected chi connectivity index (χ1v) is 9.96. The molecule has 0 saturated carbocycles. The van der Waals surface area contributed by atoms with Crippen molar-refractivity contribution in [1.29, 1.82) is 5.26 Å². The molecule has 0 spiro atoms. The SMILES string of the molecule is N#CC(=C(O)COC(=O)c1ccc(N2CCCC2)c([N+](=O)[O-])c1)c1nc2ccccc2[nH]1. The zero-order chi connectivity index (χ0) is 22.7. The smallest absolute Gasteiger partial charge is 0.338 e. The Labute approximate surface area is 182 Å². The van der Waals surface area contributed by atoms with Crippen LogP contribution in [0.5, 0.6) is 0 Å². The first kappa shape index (κ1) is 20.9. The number of nitrogens with zero attached hydrogens (tertiary/aromatic N) is 4. The number of nitro benzene ring substituents is 1. The molecule has 10 nitrogen and oxygen atoms in total. The van der Waals surface area contributed by atoms with Crippen LogP contribution in [0, 0.1) is 21.4 Å². The molecule has 10 heteroatoms. The summed E-state index contributed by atoms with van der Waals surface area (Å²) < 4.78 is 5.09. The molecule has 0 amide bonds. The molecule has 1 aliphatic heterocycles. The monoisotopic (exact) mass is 433 g/mol. The number of allylic oxidation sites excluding steroid dienone is 1. The van der Waals surface area contributed by atoms with Gasteiger partial charge >= 0.3 is 5.97 Å². The number of anilines is 1.